The minimum absolute atomic E-state index is 0.0427. The van der Waals surface area contributed by atoms with Gasteiger partial charge in [-0.2, -0.15) is 13.2 Å². The van der Waals surface area contributed by atoms with Gasteiger partial charge in [-0.25, -0.2) is 0 Å². The third-order valence-corrected chi connectivity index (χ3v) is 6.60. The van der Waals surface area contributed by atoms with E-state index in [-0.39, 0.29) is 22.7 Å². The van der Waals surface area contributed by atoms with E-state index >= 15 is 0 Å². The summed E-state index contributed by atoms with van der Waals surface area (Å²) in [5.41, 5.74) is 0.834. The van der Waals surface area contributed by atoms with E-state index in [1.54, 1.807) is 35.2 Å². The highest BCUT2D eigenvalue weighted by atomic mass is 32.2. The monoisotopic (exact) mass is 492 g/mol. The smallest absolute Gasteiger partial charge is 0.378 e. The zero-order valence-electron chi connectivity index (χ0n) is 17.3. The summed E-state index contributed by atoms with van der Waals surface area (Å²) in [7, 11) is 0. The molecular weight excluding hydrogens is 473 g/mol. The van der Waals surface area contributed by atoms with Crippen LogP contribution in [0.2, 0.25) is 0 Å². The van der Waals surface area contributed by atoms with Gasteiger partial charge in [-0.15, -0.1) is 0 Å². The van der Waals surface area contributed by atoms with E-state index in [0.717, 1.165) is 23.9 Å². The molecule has 172 valence electrons. The summed E-state index contributed by atoms with van der Waals surface area (Å²) >= 11 is 6.38. The van der Waals surface area contributed by atoms with Crippen LogP contribution in [0.4, 0.5) is 13.2 Å². The molecule has 2 aliphatic rings. The second-order valence-electron chi connectivity index (χ2n) is 7.49. The molecule has 0 spiro atoms. The van der Waals surface area contributed by atoms with E-state index in [0.29, 0.717) is 47.9 Å². The number of hydrogen-bond acceptors (Lipinski definition) is 5. The van der Waals surface area contributed by atoms with Crippen LogP contribution in [0.15, 0.2) is 53.4 Å². The number of alkyl halides is 3. The summed E-state index contributed by atoms with van der Waals surface area (Å²) in [6, 6.07) is 11.7. The lowest BCUT2D eigenvalue weighted by Gasteiger charge is -2.26. The van der Waals surface area contributed by atoms with Crippen LogP contribution in [0, 0.1) is 0 Å². The predicted molar refractivity (Wildman–Crippen MR) is 123 cm³/mol. The number of hydrogen-bond donors (Lipinski definition) is 0. The minimum Gasteiger partial charge on any atom is -0.378 e. The zero-order chi connectivity index (χ0) is 23.6. The first-order valence-corrected chi connectivity index (χ1v) is 11.3. The number of nitrogens with zero attached hydrogens (tertiary/aromatic N) is 2. The molecule has 0 aliphatic carbocycles. The number of morpholine rings is 1. The van der Waals surface area contributed by atoms with E-state index in [1.165, 1.54) is 17.0 Å². The maximum atomic E-state index is 13.0. The normalized spacial score (nSPS) is 18.3. The standard InChI is InChI=1S/C23H19F3N2O3S2/c24-23(25,26)18-3-1-2-16(12-18)14-28-21(30)19(33-22(28)32)13-15-4-6-17(7-5-15)20(29)27-8-10-31-11-9-27/h1-7,12-13H,8-11,14H2/b19-13-. The summed E-state index contributed by atoms with van der Waals surface area (Å²) in [6.07, 6.45) is -2.80. The first-order valence-electron chi connectivity index (χ1n) is 10.1. The Morgan fingerprint density at radius 2 is 1.82 bits per heavy atom. The fourth-order valence-corrected chi connectivity index (χ4v) is 4.74. The molecule has 33 heavy (non-hydrogen) atoms. The second-order valence-corrected chi connectivity index (χ2v) is 9.17. The van der Waals surface area contributed by atoms with Gasteiger partial charge < -0.3 is 9.64 Å². The minimum atomic E-state index is -4.46. The van der Waals surface area contributed by atoms with Crippen LogP contribution in [0.5, 0.6) is 0 Å². The molecule has 2 saturated heterocycles. The Bertz CT molecular complexity index is 1110. The summed E-state index contributed by atoms with van der Waals surface area (Å²) in [5, 5.41) is 0. The molecule has 0 unspecified atom stereocenters. The van der Waals surface area contributed by atoms with Gasteiger partial charge >= 0.3 is 6.18 Å². The average molecular weight is 493 g/mol. The molecule has 0 radical (unpaired) electrons. The Kier molecular flexibility index (Phi) is 6.87. The van der Waals surface area contributed by atoms with Crippen molar-refractivity contribution in [3.05, 3.63) is 75.7 Å². The molecule has 5 nitrogen and oxygen atoms in total. The van der Waals surface area contributed by atoms with Crippen LogP contribution in [0.25, 0.3) is 6.08 Å². The molecule has 0 saturated carbocycles. The Morgan fingerprint density at radius 1 is 1.12 bits per heavy atom. The van der Waals surface area contributed by atoms with Crippen molar-refractivity contribution in [2.24, 2.45) is 0 Å². The summed E-state index contributed by atoms with van der Waals surface area (Å²) in [4.78, 5) is 28.8. The van der Waals surface area contributed by atoms with E-state index in [2.05, 4.69) is 0 Å². The first kappa shape index (κ1) is 23.5. The molecule has 2 heterocycles. The van der Waals surface area contributed by atoms with Crippen molar-refractivity contribution in [1.29, 1.82) is 0 Å². The molecular formula is C23H19F3N2O3S2. The van der Waals surface area contributed by atoms with Crippen LogP contribution >= 0.6 is 24.0 Å². The number of carbonyl (C=O) groups is 2. The first-order chi connectivity index (χ1) is 15.7. The largest absolute Gasteiger partial charge is 0.416 e. The highest BCUT2D eigenvalue weighted by Crippen LogP contribution is 2.35. The van der Waals surface area contributed by atoms with Crippen LogP contribution < -0.4 is 0 Å². The molecule has 10 heteroatoms. The number of thioether (sulfide) groups is 1. The number of benzene rings is 2. The van der Waals surface area contributed by atoms with Gasteiger partial charge in [-0.3, -0.25) is 14.5 Å². The van der Waals surface area contributed by atoms with Gasteiger partial charge in [0.15, 0.2) is 0 Å². The highest BCUT2D eigenvalue weighted by Gasteiger charge is 2.34. The third-order valence-electron chi connectivity index (χ3n) is 5.22. The van der Waals surface area contributed by atoms with Crippen molar-refractivity contribution in [3.8, 4) is 0 Å². The third kappa shape index (κ3) is 5.45. The van der Waals surface area contributed by atoms with Gasteiger partial charge in [-0.1, -0.05) is 48.2 Å². The Hall–Kier alpha value is -2.69. The number of ether oxygens (including phenoxy) is 1. The van der Waals surface area contributed by atoms with Crippen LogP contribution in [0.3, 0.4) is 0 Å². The molecule has 0 aromatic heterocycles. The average Bonchev–Trinajstić information content (AvgIpc) is 3.06. The molecule has 2 amide bonds. The Labute approximate surface area is 198 Å². The fraction of sp³-hybridized carbons (Fsp3) is 0.261. The topological polar surface area (TPSA) is 49.9 Å². The van der Waals surface area contributed by atoms with E-state index in [9.17, 15) is 22.8 Å². The van der Waals surface area contributed by atoms with Gasteiger partial charge in [0.25, 0.3) is 11.8 Å². The van der Waals surface area contributed by atoms with Crippen molar-refractivity contribution >= 4 is 46.2 Å². The van der Waals surface area contributed by atoms with E-state index in [4.69, 9.17) is 17.0 Å². The maximum Gasteiger partial charge on any atom is 0.416 e. The molecule has 0 bridgehead atoms. The molecule has 2 aliphatic heterocycles. The lowest BCUT2D eigenvalue weighted by molar-refractivity contribution is -0.137. The fourth-order valence-electron chi connectivity index (χ4n) is 3.49. The van der Waals surface area contributed by atoms with Crippen molar-refractivity contribution in [2.45, 2.75) is 12.7 Å². The van der Waals surface area contributed by atoms with Gasteiger partial charge in [-0.05, 0) is 41.5 Å². The van der Waals surface area contributed by atoms with Crippen molar-refractivity contribution in [1.82, 2.24) is 9.80 Å². The zero-order valence-corrected chi connectivity index (χ0v) is 18.9. The lowest BCUT2D eigenvalue weighted by atomic mass is 10.1. The molecule has 4 rings (SSSR count). The van der Waals surface area contributed by atoms with E-state index < -0.39 is 11.7 Å². The van der Waals surface area contributed by atoms with Crippen LogP contribution in [0.1, 0.15) is 27.0 Å². The SMILES string of the molecule is O=C(c1ccc(/C=C2\SC(=S)N(Cc3cccc(C(F)(F)F)c3)C2=O)cc1)N1CCOCC1. The molecule has 0 atom stereocenters. The van der Waals surface area contributed by atoms with E-state index in [1.807, 2.05) is 0 Å². The number of carbonyl (C=O) groups excluding carboxylic acids is 2. The molecule has 0 N–H and O–H groups in total. The van der Waals surface area contributed by atoms with Gasteiger partial charge in [0.2, 0.25) is 0 Å². The summed E-state index contributed by atoms with van der Waals surface area (Å²) in [6.45, 7) is 2.10. The lowest BCUT2D eigenvalue weighted by Crippen LogP contribution is -2.40. The highest BCUT2D eigenvalue weighted by molar-refractivity contribution is 8.26. The molecule has 2 aromatic rings. The number of halogens is 3. The van der Waals surface area contributed by atoms with Gasteiger partial charge in [0.05, 0.1) is 30.2 Å². The number of thiocarbonyl (C=S) groups is 1. The predicted octanol–water partition coefficient (Wildman–Crippen LogP) is 4.58. The maximum absolute atomic E-state index is 13.0. The number of amides is 2. The van der Waals surface area contributed by atoms with Gasteiger partial charge in [0, 0.05) is 18.7 Å². The van der Waals surface area contributed by atoms with Crippen LogP contribution in [-0.2, 0) is 22.3 Å². The Balaban J connectivity index is 1.46. The van der Waals surface area contributed by atoms with Crippen molar-refractivity contribution in [3.63, 3.8) is 0 Å². The Morgan fingerprint density at radius 3 is 2.48 bits per heavy atom. The quantitative estimate of drug-likeness (QED) is 0.462. The second kappa shape index (κ2) is 9.66. The summed E-state index contributed by atoms with van der Waals surface area (Å²) in [5.74, 6) is -0.437. The molecule has 2 aromatic carbocycles. The number of rotatable bonds is 4. The van der Waals surface area contributed by atoms with Crippen molar-refractivity contribution < 1.29 is 27.5 Å². The van der Waals surface area contributed by atoms with Gasteiger partial charge in [0.1, 0.15) is 4.32 Å². The summed E-state index contributed by atoms with van der Waals surface area (Å²) < 4.78 is 44.5. The van der Waals surface area contributed by atoms with Crippen LogP contribution in [-0.4, -0.2) is 52.2 Å². The molecule has 2 fully saturated rings. The van der Waals surface area contributed by atoms with Crippen molar-refractivity contribution in [2.75, 3.05) is 26.3 Å².